The third-order valence-corrected chi connectivity index (χ3v) is 3.90. The van der Waals surface area contributed by atoms with Crippen molar-refractivity contribution in [2.45, 2.75) is 25.8 Å². The third kappa shape index (κ3) is 4.28. The molecule has 124 valence electrons. The van der Waals surface area contributed by atoms with Crippen LogP contribution in [-0.4, -0.2) is 46.9 Å². The summed E-state index contributed by atoms with van der Waals surface area (Å²) < 4.78 is 12.9. The zero-order valence-electron chi connectivity index (χ0n) is 12.8. The van der Waals surface area contributed by atoms with Crippen LogP contribution in [-0.2, 0) is 9.59 Å². The van der Waals surface area contributed by atoms with Gasteiger partial charge in [-0.15, -0.1) is 0 Å². The number of nitrogens with one attached hydrogen (secondary N) is 1. The Morgan fingerprint density at radius 1 is 1.30 bits per heavy atom. The highest BCUT2D eigenvalue weighted by molar-refractivity contribution is 5.94. The molecular weight excluding hydrogens is 303 g/mol. The number of nitrogens with zero attached hydrogens (tertiary/aromatic N) is 1. The first-order chi connectivity index (χ1) is 10.9. The standard InChI is InChI=1S/C16H19FN2O4/c1-10(16(22)23)18-14(20)12-3-2-8-19(9-12)15(21)11-4-6-13(17)7-5-11/h4-7,10,12H,2-3,8-9H2,1H3,(H,18,20)(H,22,23)/t10-,12?/m1/s1. The third-order valence-electron chi connectivity index (χ3n) is 3.90. The van der Waals surface area contributed by atoms with Crippen molar-refractivity contribution < 1.29 is 23.9 Å². The second-order valence-corrected chi connectivity index (χ2v) is 5.67. The topological polar surface area (TPSA) is 86.7 Å². The molecule has 1 unspecified atom stereocenters. The van der Waals surface area contributed by atoms with Crippen molar-refractivity contribution in [3.8, 4) is 0 Å². The van der Waals surface area contributed by atoms with E-state index in [1.54, 1.807) is 4.90 Å². The summed E-state index contributed by atoms with van der Waals surface area (Å²) in [7, 11) is 0. The van der Waals surface area contributed by atoms with Gasteiger partial charge in [0.1, 0.15) is 11.9 Å². The number of hydrogen-bond acceptors (Lipinski definition) is 3. The highest BCUT2D eigenvalue weighted by atomic mass is 19.1. The SMILES string of the molecule is C[C@@H](NC(=O)C1CCCN(C(=O)c2ccc(F)cc2)C1)C(=O)O. The lowest BCUT2D eigenvalue weighted by molar-refractivity contribution is -0.142. The van der Waals surface area contributed by atoms with E-state index >= 15 is 0 Å². The lowest BCUT2D eigenvalue weighted by atomic mass is 9.96. The number of benzene rings is 1. The van der Waals surface area contributed by atoms with Crippen molar-refractivity contribution in [1.82, 2.24) is 10.2 Å². The van der Waals surface area contributed by atoms with Crippen molar-refractivity contribution in [2.75, 3.05) is 13.1 Å². The Kier molecular flexibility index (Phi) is 5.31. The van der Waals surface area contributed by atoms with Crippen LogP contribution in [0.25, 0.3) is 0 Å². The second-order valence-electron chi connectivity index (χ2n) is 5.67. The van der Waals surface area contributed by atoms with Crippen LogP contribution in [0.5, 0.6) is 0 Å². The van der Waals surface area contributed by atoms with Gasteiger partial charge in [-0.1, -0.05) is 0 Å². The largest absolute Gasteiger partial charge is 0.480 e. The number of carboxylic acids is 1. The van der Waals surface area contributed by atoms with Gasteiger partial charge in [-0.3, -0.25) is 14.4 Å². The highest BCUT2D eigenvalue weighted by Gasteiger charge is 2.30. The lowest BCUT2D eigenvalue weighted by Gasteiger charge is -2.32. The lowest BCUT2D eigenvalue weighted by Crippen LogP contribution is -2.48. The van der Waals surface area contributed by atoms with Gasteiger partial charge in [0.25, 0.3) is 5.91 Å². The first-order valence-corrected chi connectivity index (χ1v) is 7.46. The Balaban J connectivity index is 2.00. The van der Waals surface area contributed by atoms with Crippen LogP contribution in [0.3, 0.4) is 0 Å². The number of likely N-dealkylation sites (tertiary alicyclic amines) is 1. The van der Waals surface area contributed by atoms with E-state index in [4.69, 9.17) is 5.11 Å². The first-order valence-electron chi connectivity index (χ1n) is 7.46. The summed E-state index contributed by atoms with van der Waals surface area (Å²) in [6, 6.07) is 4.29. The summed E-state index contributed by atoms with van der Waals surface area (Å²) >= 11 is 0. The van der Waals surface area contributed by atoms with Crippen LogP contribution in [0.4, 0.5) is 4.39 Å². The minimum atomic E-state index is -1.10. The quantitative estimate of drug-likeness (QED) is 0.874. The predicted octanol–water partition coefficient (Wildman–Crippen LogP) is 1.27. The van der Waals surface area contributed by atoms with Gasteiger partial charge in [-0.05, 0) is 44.0 Å². The Morgan fingerprint density at radius 3 is 2.57 bits per heavy atom. The van der Waals surface area contributed by atoms with Gasteiger partial charge >= 0.3 is 5.97 Å². The molecule has 6 nitrogen and oxygen atoms in total. The molecule has 2 atom stereocenters. The number of carboxylic acid groups (broad SMARTS) is 1. The molecule has 0 radical (unpaired) electrons. The van der Waals surface area contributed by atoms with Gasteiger partial charge in [-0.2, -0.15) is 0 Å². The van der Waals surface area contributed by atoms with Crippen LogP contribution >= 0.6 is 0 Å². The van der Waals surface area contributed by atoms with Crippen LogP contribution < -0.4 is 5.32 Å². The molecule has 2 amide bonds. The molecule has 2 N–H and O–H groups in total. The normalized spacial score (nSPS) is 19.0. The van der Waals surface area contributed by atoms with E-state index in [1.807, 2.05) is 0 Å². The fourth-order valence-electron chi connectivity index (χ4n) is 2.54. The summed E-state index contributed by atoms with van der Waals surface area (Å²) in [6.07, 6.45) is 1.26. The van der Waals surface area contributed by atoms with E-state index in [-0.39, 0.29) is 18.4 Å². The number of piperidine rings is 1. The number of rotatable bonds is 4. The molecule has 1 aromatic carbocycles. The van der Waals surface area contributed by atoms with Crippen molar-refractivity contribution in [3.63, 3.8) is 0 Å². The molecule has 0 bridgehead atoms. The summed E-state index contributed by atoms with van der Waals surface area (Å²) in [5.74, 6) is -2.58. The smallest absolute Gasteiger partial charge is 0.325 e. The average Bonchev–Trinajstić information content (AvgIpc) is 2.54. The maximum atomic E-state index is 12.9. The molecule has 1 saturated heterocycles. The molecule has 0 saturated carbocycles. The van der Waals surface area contributed by atoms with Gasteiger partial charge < -0.3 is 15.3 Å². The fourth-order valence-corrected chi connectivity index (χ4v) is 2.54. The maximum Gasteiger partial charge on any atom is 0.325 e. The first kappa shape index (κ1) is 16.9. The van der Waals surface area contributed by atoms with Gasteiger partial charge in [0.2, 0.25) is 5.91 Å². The maximum absolute atomic E-state index is 12.9. The van der Waals surface area contributed by atoms with Crippen LogP contribution in [0, 0.1) is 11.7 Å². The van der Waals surface area contributed by atoms with E-state index in [1.165, 1.54) is 31.2 Å². The van der Waals surface area contributed by atoms with Crippen molar-refractivity contribution in [2.24, 2.45) is 5.92 Å². The Hall–Kier alpha value is -2.44. The monoisotopic (exact) mass is 322 g/mol. The van der Waals surface area contributed by atoms with Crippen LogP contribution in [0.2, 0.25) is 0 Å². The zero-order valence-corrected chi connectivity index (χ0v) is 12.8. The van der Waals surface area contributed by atoms with Crippen LogP contribution in [0.15, 0.2) is 24.3 Å². The fraction of sp³-hybridized carbons (Fsp3) is 0.438. The highest BCUT2D eigenvalue weighted by Crippen LogP contribution is 2.19. The van der Waals surface area contributed by atoms with E-state index in [9.17, 15) is 18.8 Å². The molecule has 0 spiro atoms. The van der Waals surface area contributed by atoms with E-state index < -0.39 is 23.7 Å². The Labute approximate surface area is 133 Å². The van der Waals surface area contributed by atoms with Gasteiger partial charge in [0.15, 0.2) is 0 Å². The van der Waals surface area contributed by atoms with E-state index in [0.29, 0.717) is 24.9 Å². The molecule has 23 heavy (non-hydrogen) atoms. The Morgan fingerprint density at radius 2 is 1.96 bits per heavy atom. The molecule has 2 rings (SSSR count). The summed E-state index contributed by atoms with van der Waals surface area (Å²) in [4.78, 5) is 36.8. The van der Waals surface area contributed by atoms with Gasteiger partial charge in [0, 0.05) is 18.7 Å². The Bertz CT molecular complexity index is 603. The zero-order chi connectivity index (χ0) is 17.0. The average molecular weight is 322 g/mol. The molecule has 7 heteroatoms. The van der Waals surface area contributed by atoms with Crippen molar-refractivity contribution >= 4 is 17.8 Å². The number of carbonyl (C=O) groups excluding carboxylic acids is 2. The van der Waals surface area contributed by atoms with Crippen molar-refractivity contribution in [3.05, 3.63) is 35.6 Å². The molecule has 0 aromatic heterocycles. The minimum Gasteiger partial charge on any atom is -0.480 e. The number of carbonyl (C=O) groups is 3. The molecule has 1 heterocycles. The van der Waals surface area contributed by atoms with E-state index in [2.05, 4.69) is 5.32 Å². The second kappa shape index (κ2) is 7.21. The van der Waals surface area contributed by atoms with E-state index in [0.717, 1.165) is 0 Å². The van der Waals surface area contributed by atoms with Gasteiger partial charge in [0.05, 0.1) is 5.92 Å². The molecule has 1 aromatic rings. The predicted molar refractivity (Wildman–Crippen MR) is 80.3 cm³/mol. The number of hydrogen-bond donors (Lipinski definition) is 2. The van der Waals surface area contributed by atoms with Gasteiger partial charge in [-0.25, -0.2) is 4.39 Å². The number of halogens is 1. The summed E-state index contributed by atoms with van der Waals surface area (Å²) in [5.41, 5.74) is 0.367. The number of amides is 2. The molecular formula is C16H19FN2O4. The van der Waals surface area contributed by atoms with Crippen LogP contribution in [0.1, 0.15) is 30.1 Å². The van der Waals surface area contributed by atoms with Crippen molar-refractivity contribution in [1.29, 1.82) is 0 Å². The number of aliphatic carboxylic acids is 1. The minimum absolute atomic E-state index is 0.231. The summed E-state index contributed by atoms with van der Waals surface area (Å²) in [6.45, 7) is 2.15. The molecule has 0 aliphatic carbocycles. The summed E-state index contributed by atoms with van der Waals surface area (Å²) in [5, 5.41) is 11.3. The molecule has 1 aliphatic heterocycles. The molecule has 1 aliphatic rings. The molecule has 1 fully saturated rings.